The lowest BCUT2D eigenvalue weighted by Gasteiger charge is -2.05. The first kappa shape index (κ1) is 14.1. The van der Waals surface area contributed by atoms with Crippen molar-refractivity contribution in [2.45, 2.75) is 6.54 Å². The van der Waals surface area contributed by atoms with Crippen LogP contribution < -0.4 is 10.1 Å². The van der Waals surface area contributed by atoms with Crippen LogP contribution in [0.1, 0.15) is 24.9 Å². The summed E-state index contributed by atoms with van der Waals surface area (Å²) in [6, 6.07) is 10.3. The van der Waals surface area contributed by atoms with E-state index in [-0.39, 0.29) is 10.8 Å². The molecule has 1 aromatic heterocycles. The Balaban J connectivity index is 1.98. The quantitative estimate of drug-likeness (QED) is 0.887. The van der Waals surface area contributed by atoms with Crippen molar-refractivity contribution in [2.24, 2.45) is 0 Å². The monoisotopic (exact) mass is 291 g/mol. The Kier molecular flexibility index (Phi) is 4.37. The molecule has 0 saturated carbocycles. The number of thiophene rings is 1. The van der Waals surface area contributed by atoms with Crippen LogP contribution in [-0.2, 0) is 6.54 Å². The zero-order chi connectivity index (χ0) is 14.5. The van der Waals surface area contributed by atoms with Crippen LogP contribution in [-0.4, -0.2) is 24.1 Å². The summed E-state index contributed by atoms with van der Waals surface area (Å²) in [5, 5.41) is 11.6. The number of benzene rings is 1. The summed E-state index contributed by atoms with van der Waals surface area (Å²) < 4.78 is 5.10. The normalized spacial score (nSPS) is 10.1. The van der Waals surface area contributed by atoms with Crippen LogP contribution >= 0.6 is 11.3 Å². The van der Waals surface area contributed by atoms with E-state index in [1.54, 1.807) is 7.11 Å². The number of amides is 1. The summed E-state index contributed by atoms with van der Waals surface area (Å²) in [7, 11) is 1.58. The highest BCUT2D eigenvalue weighted by atomic mass is 32.1. The Bertz CT molecular complexity index is 636. The first-order valence-electron chi connectivity index (χ1n) is 5.84. The van der Waals surface area contributed by atoms with Crippen molar-refractivity contribution in [3.05, 3.63) is 51.7 Å². The minimum absolute atomic E-state index is 0.150. The summed E-state index contributed by atoms with van der Waals surface area (Å²) in [6.45, 7) is 0.357. The fourth-order valence-electron chi connectivity index (χ4n) is 1.63. The highest BCUT2D eigenvalue weighted by molar-refractivity contribution is 7.15. The van der Waals surface area contributed by atoms with Crippen LogP contribution in [0, 0.1) is 0 Å². The molecule has 1 heterocycles. The number of ether oxygens (including phenoxy) is 1. The first-order chi connectivity index (χ1) is 9.60. The van der Waals surface area contributed by atoms with Gasteiger partial charge >= 0.3 is 5.97 Å². The molecule has 1 aromatic carbocycles. The molecule has 0 bridgehead atoms. The van der Waals surface area contributed by atoms with Gasteiger partial charge in [0.2, 0.25) is 0 Å². The number of aromatic carboxylic acids is 1. The molecular weight excluding hydrogens is 278 g/mol. The predicted octanol–water partition coefficient (Wildman–Crippen LogP) is 2.38. The summed E-state index contributed by atoms with van der Waals surface area (Å²) in [5.41, 5.74) is 0.910. The van der Waals surface area contributed by atoms with Gasteiger partial charge in [0.1, 0.15) is 10.6 Å². The van der Waals surface area contributed by atoms with Crippen LogP contribution in [0.25, 0.3) is 0 Å². The number of hydrogen-bond acceptors (Lipinski definition) is 4. The zero-order valence-electron chi connectivity index (χ0n) is 10.8. The van der Waals surface area contributed by atoms with Gasteiger partial charge < -0.3 is 15.2 Å². The Morgan fingerprint density at radius 2 is 2.00 bits per heavy atom. The molecule has 2 rings (SSSR count). The van der Waals surface area contributed by atoms with Crippen LogP contribution in [0.2, 0.25) is 0 Å². The van der Waals surface area contributed by atoms with Gasteiger partial charge in [-0.25, -0.2) is 4.79 Å². The van der Waals surface area contributed by atoms with Gasteiger partial charge in [0.05, 0.1) is 12.0 Å². The van der Waals surface area contributed by atoms with Crippen molar-refractivity contribution in [1.82, 2.24) is 5.32 Å². The van der Waals surface area contributed by atoms with Crippen molar-refractivity contribution < 1.29 is 19.4 Å². The molecule has 0 saturated heterocycles. The Hall–Kier alpha value is -2.34. The molecule has 2 N–H and O–H groups in total. The predicted molar refractivity (Wildman–Crippen MR) is 75.4 cm³/mol. The summed E-state index contributed by atoms with van der Waals surface area (Å²) in [6.07, 6.45) is 0. The van der Waals surface area contributed by atoms with Gasteiger partial charge in [0.15, 0.2) is 0 Å². The summed E-state index contributed by atoms with van der Waals surface area (Å²) in [4.78, 5) is 23.2. The van der Waals surface area contributed by atoms with Crippen molar-refractivity contribution >= 4 is 23.2 Å². The molecule has 6 heteroatoms. The van der Waals surface area contributed by atoms with E-state index < -0.39 is 5.97 Å². The van der Waals surface area contributed by atoms with Gasteiger partial charge in [-0.15, -0.1) is 11.3 Å². The fourth-order valence-corrected chi connectivity index (χ4v) is 2.39. The summed E-state index contributed by atoms with van der Waals surface area (Å²) >= 11 is 0.956. The maximum atomic E-state index is 11.9. The highest BCUT2D eigenvalue weighted by Crippen LogP contribution is 2.17. The Morgan fingerprint density at radius 1 is 1.25 bits per heavy atom. The number of carboxylic acids is 1. The third kappa shape index (κ3) is 3.36. The lowest BCUT2D eigenvalue weighted by molar-refractivity contribution is 0.0702. The van der Waals surface area contributed by atoms with Gasteiger partial charge in [0.25, 0.3) is 5.91 Å². The minimum Gasteiger partial charge on any atom is -0.497 e. The largest absolute Gasteiger partial charge is 0.497 e. The summed E-state index contributed by atoms with van der Waals surface area (Å²) in [5.74, 6) is -0.590. The number of carboxylic acid groups (broad SMARTS) is 1. The minimum atomic E-state index is -1.03. The number of hydrogen-bond donors (Lipinski definition) is 2. The van der Waals surface area contributed by atoms with Crippen LogP contribution in [0.3, 0.4) is 0 Å². The molecule has 0 fully saturated rings. The van der Waals surface area contributed by atoms with Gasteiger partial charge in [0, 0.05) is 6.54 Å². The molecule has 0 atom stereocenters. The molecule has 0 unspecified atom stereocenters. The van der Waals surface area contributed by atoms with Crippen molar-refractivity contribution in [3.63, 3.8) is 0 Å². The number of carbonyl (C=O) groups is 2. The van der Waals surface area contributed by atoms with Crippen molar-refractivity contribution in [1.29, 1.82) is 0 Å². The second-order valence-corrected chi connectivity index (χ2v) is 5.09. The van der Waals surface area contributed by atoms with Crippen LogP contribution in [0.15, 0.2) is 36.4 Å². The average molecular weight is 291 g/mol. The van der Waals surface area contributed by atoms with Crippen LogP contribution in [0.4, 0.5) is 0 Å². The van der Waals surface area contributed by atoms with Gasteiger partial charge in [-0.3, -0.25) is 4.79 Å². The average Bonchev–Trinajstić information content (AvgIpc) is 2.95. The Morgan fingerprint density at radius 3 is 2.65 bits per heavy atom. The van der Waals surface area contributed by atoms with Gasteiger partial charge in [-0.1, -0.05) is 12.1 Å². The molecule has 1 amide bonds. The highest BCUT2D eigenvalue weighted by Gasteiger charge is 2.12. The number of methoxy groups -OCH3 is 1. The molecule has 104 valence electrons. The first-order valence-corrected chi connectivity index (χ1v) is 6.66. The maximum absolute atomic E-state index is 11.9. The van der Waals surface area contributed by atoms with Crippen molar-refractivity contribution in [2.75, 3.05) is 7.11 Å². The molecule has 0 spiro atoms. The molecule has 0 aliphatic rings. The second-order valence-electron chi connectivity index (χ2n) is 4.00. The second kappa shape index (κ2) is 6.21. The Labute approximate surface area is 119 Å². The van der Waals surface area contributed by atoms with Gasteiger partial charge in [-0.2, -0.15) is 0 Å². The van der Waals surface area contributed by atoms with E-state index >= 15 is 0 Å². The molecule has 20 heavy (non-hydrogen) atoms. The van der Waals surface area contributed by atoms with E-state index in [1.807, 2.05) is 24.3 Å². The lowest BCUT2D eigenvalue weighted by atomic mass is 10.2. The smallest absolute Gasteiger partial charge is 0.345 e. The topological polar surface area (TPSA) is 75.6 Å². The SMILES string of the molecule is COc1cccc(CNC(=O)c2ccc(C(=O)O)s2)c1. The fraction of sp³-hybridized carbons (Fsp3) is 0.143. The lowest BCUT2D eigenvalue weighted by Crippen LogP contribution is -2.21. The molecular formula is C14H13NO4S. The van der Waals surface area contributed by atoms with E-state index in [9.17, 15) is 9.59 Å². The molecule has 0 aliphatic heterocycles. The molecule has 0 aliphatic carbocycles. The standard InChI is InChI=1S/C14H13NO4S/c1-19-10-4-2-3-9(7-10)8-15-13(16)11-5-6-12(20-11)14(17)18/h2-7H,8H2,1H3,(H,15,16)(H,17,18). The molecule has 2 aromatic rings. The van der Waals surface area contributed by atoms with Crippen molar-refractivity contribution in [3.8, 4) is 5.75 Å². The van der Waals surface area contributed by atoms with E-state index in [0.717, 1.165) is 22.6 Å². The number of nitrogens with one attached hydrogen (secondary N) is 1. The maximum Gasteiger partial charge on any atom is 0.345 e. The molecule has 5 nitrogen and oxygen atoms in total. The van der Waals surface area contributed by atoms with E-state index in [1.165, 1.54) is 12.1 Å². The van der Waals surface area contributed by atoms with E-state index in [4.69, 9.17) is 9.84 Å². The van der Waals surface area contributed by atoms with E-state index in [0.29, 0.717) is 11.4 Å². The number of rotatable bonds is 5. The zero-order valence-corrected chi connectivity index (χ0v) is 11.6. The van der Waals surface area contributed by atoms with Gasteiger partial charge in [-0.05, 0) is 29.8 Å². The number of carbonyl (C=O) groups excluding carboxylic acids is 1. The third-order valence-corrected chi connectivity index (χ3v) is 3.70. The third-order valence-electron chi connectivity index (χ3n) is 2.63. The van der Waals surface area contributed by atoms with E-state index in [2.05, 4.69) is 5.32 Å². The van der Waals surface area contributed by atoms with Crippen LogP contribution in [0.5, 0.6) is 5.75 Å². The molecule has 0 radical (unpaired) electrons.